The van der Waals surface area contributed by atoms with E-state index in [-0.39, 0.29) is 37.2 Å². The number of carboxylic acids is 1. The van der Waals surface area contributed by atoms with Gasteiger partial charge in [0, 0.05) is 29.8 Å². The molecule has 0 heterocycles. The Labute approximate surface area is 110 Å². The molecule has 18 heavy (non-hydrogen) atoms. The van der Waals surface area contributed by atoms with Crippen molar-refractivity contribution in [2.45, 2.75) is 25.7 Å². The fourth-order valence-corrected chi connectivity index (χ4v) is 1.62. The van der Waals surface area contributed by atoms with Gasteiger partial charge >= 0.3 is 5.97 Å². The number of hydrogen-bond acceptors (Lipinski definition) is 3. The lowest BCUT2D eigenvalue weighted by atomic mass is 10.0. The second kappa shape index (κ2) is 6.91. The molecule has 0 atom stereocenters. The van der Waals surface area contributed by atoms with Gasteiger partial charge in [-0.1, -0.05) is 23.7 Å². The maximum Gasteiger partial charge on any atom is 0.303 e. The molecule has 0 radical (unpaired) electrons. The summed E-state index contributed by atoms with van der Waals surface area (Å²) in [6, 6.07) is 6.51. The highest BCUT2D eigenvalue weighted by atomic mass is 35.5. The summed E-state index contributed by atoms with van der Waals surface area (Å²) in [5, 5.41) is 8.88. The van der Waals surface area contributed by atoms with Gasteiger partial charge in [0.05, 0.1) is 6.42 Å². The summed E-state index contributed by atoms with van der Waals surface area (Å²) in [5.74, 6) is -1.39. The molecule has 0 aliphatic carbocycles. The Balaban J connectivity index is 2.42. The van der Waals surface area contributed by atoms with Crippen molar-refractivity contribution in [2.75, 3.05) is 0 Å². The summed E-state index contributed by atoms with van der Waals surface area (Å²) in [6.07, 6.45) is -0.0697. The Bertz CT molecular complexity index is 468. The number of carbonyl (C=O) groups excluding carboxylic acids is 2. The standard InChI is InChI=1S/C13H13ClO4/c14-10-3-1-2-9(8-10)12(16)6-4-11(15)5-7-13(17)18/h1-3,8H,4-7H2,(H,17,18). The van der Waals surface area contributed by atoms with Crippen molar-refractivity contribution in [1.82, 2.24) is 0 Å². The summed E-state index contributed by atoms with van der Waals surface area (Å²) in [7, 11) is 0. The molecule has 0 amide bonds. The van der Waals surface area contributed by atoms with E-state index in [0.29, 0.717) is 10.6 Å². The van der Waals surface area contributed by atoms with Gasteiger partial charge in [-0.15, -0.1) is 0 Å². The first-order valence-corrected chi connectivity index (χ1v) is 5.89. The molecule has 0 saturated heterocycles. The lowest BCUT2D eigenvalue weighted by Gasteiger charge is -2.01. The van der Waals surface area contributed by atoms with Crippen LogP contribution in [0.3, 0.4) is 0 Å². The first-order chi connectivity index (χ1) is 8.49. The average molecular weight is 269 g/mol. The molecule has 1 aromatic carbocycles. The molecule has 0 fully saturated rings. The zero-order valence-electron chi connectivity index (χ0n) is 9.69. The summed E-state index contributed by atoms with van der Waals surface area (Å²) >= 11 is 5.75. The van der Waals surface area contributed by atoms with Crippen LogP contribution in [0.4, 0.5) is 0 Å². The van der Waals surface area contributed by atoms with Crippen molar-refractivity contribution in [3.05, 3.63) is 34.9 Å². The van der Waals surface area contributed by atoms with Crippen LogP contribution in [-0.2, 0) is 9.59 Å². The summed E-state index contributed by atoms with van der Waals surface area (Å²) in [6.45, 7) is 0. The lowest BCUT2D eigenvalue weighted by molar-refractivity contribution is -0.138. The van der Waals surface area contributed by atoms with E-state index < -0.39 is 5.97 Å². The second-order valence-corrected chi connectivity index (χ2v) is 4.30. The van der Waals surface area contributed by atoms with Crippen LogP contribution >= 0.6 is 11.6 Å². The summed E-state index contributed by atoms with van der Waals surface area (Å²) in [5.41, 5.74) is 0.466. The Hall–Kier alpha value is -1.68. The molecular weight excluding hydrogens is 256 g/mol. The van der Waals surface area contributed by atoms with Crippen LogP contribution in [0.1, 0.15) is 36.0 Å². The lowest BCUT2D eigenvalue weighted by Crippen LogP contribution is -2.07. The van der Waals surface area contributed by atoms with Crippen LogP contribution < -0.4 is 0 Å². The minimum Gasteiger partial charge on any atom is -0.481 e. The van der Waals surface area contributed by atoms with Crippen molar-refractivity contribution in [1.29, 1.82) is 0 Å². The molecule has 0 aliphatic rings. The molecule has 4 nitrogen and oxygen atoms in total. The number of carbonyl (C=O) groups is 3. The van der Waals surface area contributed by atoms with Gasteiger partial charge in [0.2, 0.25) is 0 Å². The van der Waals surface area contributed by atoms with E-state index in [1.54, 1.807) is 24.3 Å². The molecule has 1 N–H and O–H groups in total. The highest BCUT2D eigenvalue weighted by Gasteiger charge is 2.10. The normalized spacial score (nSPS) is 10.1. The molecule has 0 bridgehead atoms. The third-order valence-corrected chi connectivity index (χ3v) is 2.63. The monoisotopic (exact) mass is 268 g/mol. The molecule has 0 saturated carbocycles. The number of hydrogen-bond donors (Lipinski definition) is 1. The SMILES string of the molecule is O=C(O)CCC(=O)CCC(=O)c1cccc(Cl)c1. The highest BCUT2D eigenvalue weighted by Crippen LogP contribution is 2.13. The first-order valence-electron chi connectivity index (χ1n) is 5.51. The Morgan fingerprint density at radius 1 is 1.06 bits per heavy atom. The number of Topliss-reactive ketones (excluding diaryl/α,β-unsaturated/α-hetero) is 2. The van der Waals surface area contributed by atoms with Crippen LogP contribution in [0.15, 0.2) is 24.3 Å². The average Bonchev–Trinajstić information content (AvgIpc) is 2.33. The van der Waals surface area contributed by atoms with Gasteiger partial charge in [0.1, 0.15) is 5.78 Å². The van der Waals surface area contributed by atoms with E-state index >= 15 is 0 Å². The minimum atomic E-state index is -1.01. The van der Waals surface area contributed by atoms with Crippen molar-refractivity contribution in [3.8, 4) is 0 Å². The van der Waals surface area contributed by atoms with E-state index in [1.165, 1.54) is 0 Å². The van der Waals surface area contributed by atoms with Crippen LogP contribution in [-0.4, -0.2) is 22.6 Å². The Morgan fingerprint density at radius 3 is 2.33 bits per heavy atom. The third kappa shape index (κ3) is 5.10. The van der Waals surface area contributed by atoms with Crippen molar-refractivity contribution in [2.24, 2.45) is 0 Å². The number of rotatable bonds is 7. The van der Waals surface area contributed by atoms with Gasteiger partial charge in [-0.25, -0.2) is 0 Å². The van der Waals surface area contributed by atoms with E-state index in [4.69, 9.17) is 16.7 Å². The summed E-state index contributed by atoms with van der Waals surface area (Å²) < 4.78 is 0. The summed E-state index contributed by atoms with van der Waals surface area (Å²) in [4.78, 5) is 33.3. The zero-order valence-corrected chi connectivity index (χ0v) is 10.4. The van der Waals surface area contributed by atoms with Gasteiger partial charge in [0.15, 0.2) is 5.78 Å². The Morgan fingerprint density at radius 2 is 1.72 bits per heavy atom. The van der Waals surface area contributed by atoms with Crippen molar-refractivity contribution < 1.29 is 19.5 Å². The van der Waals surface area contributed by atoms with Crippen molar-refractivity contribution >= 4 is 29.1 Å². The smallest absolute Gasteiger partial charge is 0.303 e. The molecule has 0 aromatic heterocycles. The van der Waals surface area contributed by atoms with Crippen molar-refractivity contribution in [3.63, 3.8) is 0 Å². The fraction of sp³-hybridized carbons (Fsp3) is 0.308. The molecule has 0 spiro atoms. The van der Waals surface area contributed by atoms with Gasteiger partial charge in [-0.3, -0.25) is 14.4 Å². The Kier molecular flexibility index (Phi) is 5.52. The van der Waals surface area contributed by atoms with E-state index in [9.17, 15) is 14.4 Å². The van der Waals surface area contributed by atoms with Gasteiger partial charge in [-0.2, -0.15) is 0 Å². The van der Waals surface area contributed by atoms with Gasteiger partial charge in [-0.05, 0) is 12.1 Å². The molecule has 1 aromatic rings. The van der Waals surface area contributed by atoms with Crippen LogP contribution in [0.5, 0.6) is 0 Å². The topological polar surface area (TPSA) is 71.4 Å². The largest absolute Gasteiger partial charge is 0.481 e. The number of benzene rings is 1. The highest BCUT2D eigenvalue weighted by molar-refractivity contribution is 6.31. The van der Waals surface area contributed by atoms with Crippen LogP contribution in [0, 0.1) is 0 Å². The second-order valence-electron chi connectivity index (χ2n) is 3.87. The molecule has 96 valence electrons. The first kappa shape index (κ1) is 14.4. The van der Waals surface area contributed by atoms with E-state index in [1.807, 2.05) is 0 Å². The van der Waals surface area contributed by atoms with Crippen LogP contribution in [0.2, 0.25) is 5.02 Å². The molecule has 1 rings (SSSR count). The maximum absolute atomic E-state index is 11.7. The van der Waals surface area contributed by atoms with Gasteiger partial charge in [0.25, 0.3) is 0 Å². The molecular formula is C13H13ClO4. The number of aliphatic carboxylic acids is 1. The quantitative estimate of drug-likeness (QED) is 0.772. The molecule has 0 unspecified atom stereocenters. The number of carboxylic acid groups (broad SMARTS) is 1. The van der Waals surface area contributed by atoms with Gasteiger partial charge < -0.3 is 5.11 Å². The van der Waals surface area contributed by atoms with E-state index in [0.717, 1.165) is 0 Å². The zero-order chi connectivity index (χ0) is 13.5. The number of halogens is 1. The molecule has 0 aliphatic heterocycles. The van der Waals surface area contributed by atoms with E-state index in [2.05, 4.69) is 0 Å². The number of ketones is 2. The van der Waals surface area contributed by atoms with Crippen LogP contribution in [0.25, 0.3) is 0 Å². The predicted octanol–water partition coefficient (Wildman–Crippen LogP) is 2.74. The molecule has 5 heteroatoms. The fourth-order valence-electron chi connectivity index (χ4n) is 1.43. The minimum absolute atomic E-state index is 0.0296. The predicted molar refractivity (Wildman–Crippen MR) is 66.9 cm³/mol. The third-order valence-electron chi connectivity index (χ3n) is 2.40. The maximum atomic E-state index is 11.7.